The van der Waals surface area contributed by atoms with Crippen molar-refractivity contribution in [1.29, 1.82) is 0 Å². The van der Waals surface area contributed by atoms with E-state index in [1.165, 1.54) is 6.92 Å². The number of carboxylic acids is 1. The summed E-state index contributed by atoms with van der Waals surface area (Å²) in [6.07, 6.45) is 3.98. The van der Waals surface area contributed by atoms with E-state index in [2.05, 4.69) is 5.92 Å². The van der Waals surface area contributed by atoms with Crippen LogP contribution in [-0.4, -0.2) is 34.3 Å². The molecule has 1 unspecified atom stereocenters. The molecule has 7 nitrogen and oxygen atoms in total. The lowest BCUT2D eigenvalue weighted by Gasteiger charge is -2.24. The van der Waals surface area contributed by atoms with Gasteiger partial charge in [0.2, 0.25) is 0 Å². The maximum Gasteiger partial charge on any atom is 0.419 e. The van der Waals surface area contributed by atoms with Crippen molar-refractivity contribution in [3.05, 3.63) is 57.0 Å². The van der Waals surface area contributed by atoms with E-state index in [1.807, 2.05) is 22.9 Å². The van der Waals surface area contributed by atoms with Crippen LogP contribution in [0.1, 0.15) is 32.6 Å². The second kappa shape index (κ2) is 12.0. The minimum atomic E-state index is -1.77. The minimum Gasteiger partial charge on any atom is -0.478 e. The molecule has 1 aromatic carbocycles. The predicted octanol–water partition coefficient (Wildman–Crippen LogP) is 5.59. The number of rotatable bonds is 5. The van der Waals surface area contributed by atoms with Crippen molar-refractivity contribution in [2.24, 2.45) is 0 Å². The van der Waals surface area contributed by atoms with Gasteiger partial charge < -0.3 is 14.9 Å². The van der Waals surface area contributed by atoms with Gasteiger partial charge in [0.1, 0.15) is 11.6 Å². The third kappa shape index (κ3) is 6.81. The van der Waals surface area contributed by atoms with Gasteiger partial charge >= 0.3 is 12.1 Å². The van der Waals surface area contributed by atoms with Crippen LogP contribution in [0, 0.1) is 18.2 Å². The number of carbonyl (C=O) groups excluding carboxylic acids is 1. The number of carbonyl (C=O) groups is 3. The number of imide groups is 1. The van der Waals surface area contributed by atoms with Crippen LogP contribution in [0.25, 0.3) is 0 Å². The molecule has 174 valence electrons. The van der Waals surface area contributed by atoms with Gasteiger partial charge in [-0.1, -0.05) is 29.7 Å². The largest absolute Gasteiger partial charge is 0.478 e. The Bertz CT molecular complexity index is 1080. The maximum absolute atomic E-state index is 14.5. The van der Waals surface area contributed by atoms with E-state index in [9.17, 15) is 29.0 Å². The lowest BCUT2D eigenvalue weighted by Crippen LogP contribution is -2.39. The number of anilines is 1. The van der Waals surface area contributed by atoms with E-state index in [0.29, 0.717) is 12.8 Å². The van der Waals surface area contributed by atoms with Crippen molar-refractivity contribution in [2.75, 3.05) is 4.90 Å². The zero-order valence-corrected chi connectivity index (χ0v) is 19.2. The predicted molar refractivity (Wildman–Crippen MR) is 123 cm³/mol. The van der Waals surface area contributed by atoms with Gasteiger partial charge in [0.15, 0.2) is 6.10 Å². The summed E-state index contributed by atoms with van der Waals surface area (Å²) < 4.78 is 19.8. The highest BCUT2D eigenvalue weighted by atomic mass is 35.5. The number of amides is 2. The topological polar surface area (TPSA) is 104 Å². The van der Waals surface area contributed by atoms with Crippen molar-refractivity contribution in [3.8, 4) is 18.1 Å². The molecule has 1 atom stereocenters. The van der Waals surface area contributed by atoms with E-state index >= 15 is 0 Å². The van der Waals surface area contributed by atoms with E-state index in [-0.39, 0.29) is 39.7 Å². The van der Waals surface area contributed by atoms with Crippen LogP contribution in [0.5, 0.6) is 5.75 Å². The Morgan fingerprint density at radius 2 is 1.79 bits per heavy atom. The molecule has 33 heavy (non-hydrogen) atoms. The van der Waals surface area contributed by atoms with Crippen LogP contribution >= 0.6 is 22.9 Å². The summed E-state index contributed by atoms with van der Waals surface area (Å²) in [4.78, 5) is 36.1. The molecular formula is C23H21ClFNO6S. The molecule has 1 aliphatic rings. The Labute approximate surface area is 199 Å². The Kier molecular flexibility index (Phi) is 9.45. The molecule has 3 rings (SSSR count). The third-order valence-corrected chi connectivity index (χ3v) is 5.51. The molecule has 1 aliphatic carbocycles. The zero-order chi connectivity index (χ0) is 24.5. The minimum absolute atomic E-state index is 0.0803. The number of carboxylic acid groups (broad SMARTS) is 2. The van der Waals surface area contributed by atoms with Gasteiger partial charge in [0, 0.05) is 17.2 Å². The van der Waals surface area contributed by atoms with Gasteiger partial charge in [-0.2, -0.15) is 11.3 Å². The molecule has 0 spiro atoms. The molecule has 0 fully saturated rings. The van der Waals surface area contributed by atoms with E-state index in [0.717, 1.165) is 12.1 Å². The summed E-state index contributed by atoms with van der Waals surface area (Å²) in [7, 11) is 0. The summed E-state index contributed by atoms with van der Waals surface area (Å²) in [5.74, 6) is -1.36. The van der Waals surface area contributed by atoms with Crippen LogP contribution in [0.4, 0.5) is 14.9 Å². The second-order valence-electron chi connectivity index (χ2n) is 6.85. The SMILES string of the molecule is C#CC(C)Oc1cc(N(C(=O)O)C(=O)C2=C(C(=O)O)CCCC2)c(F)cc1Cl.c1ccsc1. The Balaban J connectivity index is 0.000000678. The lowest BCUT2D eigenvalue weighted by atomic mass is 9.90. The van der Waals surface area contributed by atoms with Gasteiger partial charge in [-0.25, -0.2) is 18.9 Å². The normalized spacial score (nSPS) is 13.8. The number of hydrogen-bond acceptors (Lipinski definition) is 5. The smallest absolute Gasteiger partial charge is 0.419 e. The first-order valence-corrected chi connectivity index (χ1v) is 11.1. The molecule has 0 radical (unpaired) electrons. The van der Waals surface area contributed by atoms with E-state index in [4.69, 9.17) is 22.8 Å². The number of nitrogens with zero attached hydrogens (tertiary/aromatic N) is 1. The zero-order valence-electron chi connectivity index (χ0n) is 17.6. The van der Waals surface area contributed by atoms with Crippen molar-refractivity contribution < 1.29 is 33.7 Å². The molecule has 2 amide bonds. The summed E-state index contributed by atoms with van der Waals surface area (Å²) in [6.45, 7) is 1.52. The number of halogens is 2. The highest BCUT2D eigenvalue weighted by molar-refractivity contribution is 7.07. The number of hydrogen-bond donors (Lipinski definition) is 2. The third-order valence-electron chi connectivity index (χ3n) is 4.58. The molecule has 0 bridgehead atoms. The average molecular weight is 494 g/mol. The molecule has 0 aliphatic heterocycles. The van der Waals surface area contributed by atoms with Crippen LogP contribution in [-0.2, 0) is 9.59 Å². The molecule has 1 heterocycles. The number of aliphatic carboxylic acids is 1. The lowest BCUT2D eigenvalue weighted by molar-refractivity contribution is -0.133. The second-order valence-corrected chi connectivity index (χ2v) is 8.07. The highest BCUT2D eigenvalue weighted by Gasteiger charge is 2.33. The molecular weight excluding hydrogens is 473 g/mol. The molecule has 2 aromatic rings. The number of terminal acetylenes is 1. The summed E-state index contributed by atoms with van der Waals surface area (Å²) >= 11 is 7.62. The molecule has 2 N–H and O–H groups in total. The van der Waals surface area contributed by atoms with Crippen LogP contribution in [0.15, 0.2) is 46.2 Å². The summed E-state index contributed by atoms with van der Waals surface area (Å²) in [5.41, 5.74) is -0.979. The van der Waals surface area contributed by atoms with Crippen molar-refractivity contribution in [1.82, 2.24) is 0 Å². The van der Waals surface area contributed by atoms with Crippen LogP contribution < -0.4 is 9.64 Å². The molecule has 0 saturated heterocycles. The summed E-state index contributed by atoms with van der Waals surface area (Å²) in [5, 5.41) is 22.8. The Hall–Kier alpha value is -3.35. The fourth-order valence-corrected chi connectivity index (χ4v) is 3.69. The van der Waals surface area contributed by atoms with E-state index in [1.54, 1.807) is 11.3 Å². The first kappa shape index (κ1) is 25.9. The quantitative estimate of drug-likeness (QED) is 0.526. The maximum atomic E-state index is 14.5. The highest BCUT2D eigenvalue weighted by Crippen LogP contribution is 2.35. The first-order valence-electron chi connectivity index (χ1n) is 9.79. The summed E-state index contributed by atoms with van der Waals surface area (Å²) in [6, 6.07) is 5.78. The first-order chi connectivity index (χ1) is 15.7. The standard InChI is InChI=1S/C19H17ClFNO6.C4H4S/c1-3-10(2)28-16-9-15(14(21)8-13(16)20)22(19(26)27)17(23)11-6-4-5-7-12(11)18(24)25;1-2-4-5-3-1/h1,8-10H,4-7H2,2H3,(H,24,25)(H,26,27);1-4H. The van der Waals surface area contributed by atoms with Gasteiger partial charge in [-0.15, -0.1) is 6.42 Å². The number of thiophene rings is 1. The van der Waals surface area contributed by atoms with Gasteiger partial charge in [-0.3, -0.25) is 4.79 Å². The van der Waals surface area contributed by atoms with Crippen molar-refractivity contribution in [2.45, 2.75) is 38.7 Å². The number of ether oxygens (including phenoxy) is 1. The fourth-order valence-electron chi connectivity index (χ4n) is 3.04. The van der Waals surface area contributed by atoms with Crippen LogP contribution in [0.3, 0.4) is 0 Å². The van der Waals surface area contributed by atoms with E-state index < -0.39 is 35.6 Å². The van der Waals surface area contributed by atoms with Crippen LogP contribution in [0.2, 0.25) is 5.02 Å². The average Bonchev–Trinajstić information content (AvgIpc) is 3.36. The number of benzene rings is 1. The molecule has 0 saturated carbocycles. The van der Waals surface area contributed by atoms with Gasteiger partial charge in [0.05, 0.1) is 10.7 Å². The Morgan fingerprint density at radius 3 is 2.27 bits per heavy atom. The monoisotopic (exact) mass is 493 g/mol. The van der Waals surface area contributed by atoms with Crippen molar-refractivity contribution in [3.63, 3.8) is 0 Å². The molecule has 10 heteroatoms. The fraction of sp³-hybridized carbons (Fsp3) is 0.261. The van der Waals surface area contributed by atoms with Gasteiger partial charge in [0.25, 0.3) is 5.91 Å². The van der Waals surface area contributed by atoms with Crippen molar-refractivity contribution >= 4 is 46.6 Å². The molecule has 1 aromatic heterocycles. The Morgan fingerprint density at radius 1 is 1.18 bits per heavy atom. The van der Waals surface area contributed by atoms with Gasteiger partial charge in [-0.05, 0) is 49.4 Å².